The summed E-state index contributed by atoms with van der Waals surface area (Å²) >= 11 is 5.95. The highest BCUT2D eigenvalue weighted by Gasteiger charge is 2.27. The Morgan fingerprint density at radius 1 is 1.06 bits per heavy atom. The van der Waals surface area contributed by atoms with Crippen molar-refractivity contribution in [2.24, 2.45) is 5.73 Å². The van der Waals surface area contributed by atoms with Crippen molar-refractivity contribution in [3.63, 3.8) is 0 Å². The van der Waals surface area contributed by atoms with Crippen molar-refractivity contribution >= 4 is 29.4 Å². The molecule has 2 atom stereocenters. The number of aromatic hydroxyl groups is 1. The fraction of sp³-hybridized carbons (Fsp3) is 0.375. The van der Waals surface area contributed by atoms with Gasteiger partial charge in [-0.2, -0.15) is 0 Å². The number of carbonyl (C=O) groups is 3. The number of rotatable bonds is 11. The third-order valence-electron chi connectivity index (χ3n) is 5.10. The minimum atomic E-state index is -0.924. The van der Waals surface area contributed by atoms with Crippen LogP contribution in [0.5, 0.6) is 5.75 Å². The lowest BCUT2D eigenvalue weighted by Gasteiger charge is -2.22. The smallest absolute Gasteiger partial charge is 0.328 e. The Balaban J connectivity index is 2.23. The zero-order valence-electron chi connectivity index (χ0n) is 18.8. The number of nitrogens with two attached hydrogens (primary N) is 1. The molecule has 0 aliphatic rings. The number of halogens is 1. The summed E-state index contributed by atoms with van der Waals surface area (Å²) in [4.78, 5) is 36.9. The number of nitrogens with one attached hydrogen (secondary N) is 2. The zero-order chi connectivity index (χ0) is 24.4. The molecule has 0 radical (unpaired) electrons. The number of phenolic OH excluding ortho intramolecular Hbond substituents is 1. The van der Waals surface area contributed by atoms with Crippen LogP contribution in [-0.2, 0) is 25.5 Å². The summed E-state index contributed by atoms with van der Waals surface area (Å²) in [6, 6.07) is 10.2. The van der Waals surface area contributed by atoms with E-state index in [0.717, 1.165) is 5.56 Å². The normalized spacial score (nSPS) is 12.5. The van der Waals surface area contributed by atoms with Gasteiger partial charge in [0.2, 0.25) is 11.8 Å². The highest BCUT2D eigenvalue weighted by Crippen LogP contribution is 2.31. The van der Waals surface area contributed by atoms with Crippen LogP contribution in [0.15, 0.2) is 42.5 Å². The van der Waals surface area contributed by atoms with Gasteiger partial charge in [-0.1, -0.05) is 29.8 Å². The van der Waals surface area contributed by atoms with Gasteiger partial charge in [0.15, 0.2) is 0 Å². The van der Waals surface area contributed by atoms with Crippen LogP contribution in [0.1, 0.15) is 31.7 Å². The second kappa shape index (κ2) is 12.8. The molecular formula is C24H30ClN3O5. The van der Waals surface area contributed by atoms with Crippen LogP contribution in [0.3, 0.4) is 0 Å². The van der Waals surface area contributed by atoms with Crippen LogP contribution in [0.25, 0.3) is 11.1 Å². The fourth-order valence-corrected chi connectivity index (χ4v) is 3.54. The lowest BCUT2D eigenvalue weighted by molar-refractivity contribution is -0.145. The first-order valence-corrected chi connectivity index (χ1v) is 11.1. The van der Waals surface area contributed by atoms with Crippen molar-refractivity contribution in [1.29, 1.82) is 0 Å². The van der Waals surface area contributed by atoms with Gasteiger partial charge in [0.1, 0.15) is 17.8 Å². The minimum Gasteiger partial charge on any atom is -0.507 e. The van der Waals surface area contributed by atoms with Crippen LogP contribution in [0.2, 0.25) is 5.02 Å². The molecule has 33 heavy (non-hydrogen) atoms. The van der Waals surface area contributed by atoms with E-state index in [0.29, 0.717) is 42.0 Å². The van der Waals surface area contributed by atoms with Crippen molar-refractivity contribution < 1.29 is 24.2 Å². The number of ether oxygens (including phenoxy) is 1. The number of hydrogen-bond acceptors (Lipinski definition) is 6. The monoisotopic (exact) mass is 475 g/mol. The molecule has 0 fully saturated rings. The van der Waals surface area contributed by atoms with E-state index >= 15 is 0 Å². The van der Waals surface area contributed by atoms with Gasteiger partial charge in [-0.05, 0) is 61.2 Å². The third-order valence-corrected chi connectivity index (χ3v) is 5.35. The Labute approximate surface area is 198 Å². The average Bonchev–Trinajstić information content (AvgIpc) is 2.79. The largest absolute Gasteiger partial charge is 0.507 e. The maximum atomic E-state index is 13.0. The van der Waals surface area contributed by atoms with Crippen molar-refractivity contribution in [2.75, 3.05) is 13.7 Å². The molecular weight excluding hydrogens is 446 g/mol. The topological polar surface area (TPSA) is 131 Å². The maximum absolute atomic E-state index is 13.0. The van der Waals surface area contributed by atoms with Crippen molar-refractivity contribution in [3.05, 3.63) is 53.1 Å². The second-order valence-electron chi connectivity index (χ2n) is 7.68. The average molecular weight is 476 g/mol. The van der Waals surface area contributed by atoms with Gasteiger partial charge in [0.25, 0.3) is 0 Å². The van der Waals surface area contributed by atoms with E-state index in [9.17, 15) is 19.5 Å². The van der Waals surface area contributed by atoms with Crippen LogP contribution in [0, 0.1) is 0 Å². The second-order valence-corrected chi connectivity index (χ2v) is 8.12. The molecule has 2 aromatic rings. The van der Waals surface area contributed by atoms with Gasteiger partial charge in [0, 0.05) is 23.9 Å². The number of unbranched alkanes of at least 4 members (excludes halogenated alkanes) is 1. The quantitative estimate of drug-likeness (QED) is 0.292. The number of benzene rings is 2. The predicted octanol–water partition coefficient (Wildman–Crippen LogP) is 2.55. The number of phenols is 1. The van der Waals surface area contributed by atoms with Gasteiger partial charge in [-0.15, -0.1) is 0 Å². The van der Waals surface area contributed by atoms with E-state index in [1.165, 1.54) is 20.1 Å². The van der Waals surface area contributed by atoms with Crippen molar-refractivity contribution in [1.82, 2.24) is 10.6 Å². The third kappa shape index (κ3) is 8.07. The van der Waals surface area contributed by atoms with Gasteiger partial charge in [-0.3, -0.25) is 9.59 Å². The summed E-state index contributed by atoms with van der Waals surface area (Å²) in [6.45, 7) is 1.79. The molecule has 2 aromatic carbocycles. The van der Waals surface area contributed by atoms with E-state index in [-0.39, 0.29) is 18.1 Å². The highest BCUT2D eigenvalue weighted by molar-refractivity contribution is 6.30. The van der Waals surface area contributed by atoms with E-state index < -0.39 is 24.0 Å². The Hall–Kier alpha value is -3.10. The summed E-state index contributed by atoms with van der Waals surface area (Å²) < 4.78 is 4.80. The number of carbonyl (C=O) groups excluding carboxylic acids is 3. The predicted molar refractivity (Wildman–Crippen MR) is 127 cm³/mol. The Bertz CT molecular complexity index is 965. The lowest BCUT2D eigenvalue weighted by Crippen LogP contribution is -2.52. The molecule has 0 heterocycles. The number of esters is 1. The molecule has 0 aliphatic carbocycles. The molecule has 5 N–H and O–H groups in total. The van der Waals surface area contributed by atoms with Gasteiger partial charge < -0.3 is 26.2 Å². The molecule has 178 valence electrons. The molecule has 2 amide bonds. The first-order valence-electron chi connectivity index (χ1n) is 10.7. The molecule has 9 heteroatoms. The van der Waals surface area contributed by atoms with Crippen LogP contribution in [0.4, 0.5) is 0 Å². The zero-order valence-corrected chi connectivity index (χ0v) is 19.5. The van der Waals surface area contributed by atoms with E-state index in [1.807, 2.05) is 0 Å². The summed E-state index contributed by atoms with van der Waals surface area (Å²) in [6.07, 6.45) is 1.88. The molecule has 0 saturated heterocycles. The summed E-state index contributed by atoms with van der Waals surface area (Å²) in [7, 11) is 1.25. The Kier molecular flexibility index (Phi) is 10.2. The number of amides is 2. The SMILES string of the molecule is COC(=O)[C@H](CCCCN)NC(=O)[C@H](Cc1ccc(O)c(-c2ccc(Cl)cc2)c1)NC(C)=O. The standard InChI is InChI=1S/C24H30ClN3O5/c1-15(29)27-21(23(31)28-20(24(32)33-2)5-3-4-12-26)14-16-6-11-22(30)19(13-16)17-7-9-18(25)10-8-17/h6-11,13,20-21,30H,3-5,12,14,26H2,1-2H3,(H,27,29)(H,28,31)/t20-,21-/m0/s1. The molecule has 0 spiro atoms. The van der Waals surface area contributed by atoms with Gasteiger partial charge in [0.05, 0.1) is 7.11 Å². The first kappa shape index (κ1) is 26.2. The summed E-state index contributed by atoms with van der Waals surface area (Å²) in [5.74, 6) is -1.37. The summed E-state index contributed by atoms with van der Waals surface area (Å²) in [5, 5.41) is 16.2. The number of methoxy groups -OCH3 is 1. The molecule has 8 nitrogen and oxygen atoms in total. The molecule has 2 rings (SSSR count). The Morgan fingerprint density at radius 3 is 2.36 bits per heavy atom. The highest BCUT2D eigenvalue weighted by atomic mass is 35.5. The number of hydrogen-bond donors (Lipinski definition) is 4. The molecule has 0 aliphatic heterocycles. The maximum Gasteiger partial charge on any atom is 0.328 e. The fourth-order valence-electron chi connectivity index (χ4n) is 3.42. The van der Waals surface area contributed by atoms with E-state index in [2.05, 4.69) is 10.6 Å². The lowest BCUT2D eigenvalue weighted by atomic mass is 9.98. The summed E-state index contributed by atoms with van der Waals surface area (Å²) in [5.41, 5.74) is 7.55. The molecule has 0 unspecified atom stereocenters. The van der Waals surface area contributed by atoms with E-state index in [4.69, 9.17) is 22.1 Å². The Morgan fingerprint density at radius 2 is 1.76 bits per heavy atom. The van der Waals surface area contributed by atoms with Crippen molar-refractivity contribution in [2.45, 2.75) is 44.7 Å². The van der Waals surface area contributed by atoms with Gasteiger partial charge >= 0.3 is 5.97 Å². The first-order chi connectivity index (χ1) is 15.7. The molecule has 0 bridgehead atoms. The molecule has 0 saturated carbocycles. The van der Waals surface area contributed by atoms with Crippen LogP contribution in [-0.4, -0.2) is 48.6 Å². The van der Waals surface area contributed by atoms with Crippen LogP contribution >= 0.6 is 11.6 Å². The van der Waals surface area contributed by atoms with Crippen LogP contribution < -0.4 is 16.4 Å². The van der Waals surface area contributed by atoms with Crippen molar-refractivity contribution in [3.8, 4) is 16.9 Å². The molecule has 0 aromatic heterocycles. The van der Waals surface area contributed by atoms with E-state index in [1.54, 1.807) is 36.4 Å². The minimum absolute atomic E-state index is 0.0762. The van der Waals surface area contributed by atoms with Gasteiger partial charge in [-0.25, -0.2) is 4.79 Å².